The van der Waals surface area contributed by atoms with Gasteiger partial charge in [0.15, 0.2) is 0 Å². The maximum atomic E-state index is 13.0. The molecule has 0 spiro atoms. The maximum absolute atomic E-state index is 13.0. The van der Waals surface area contributed by atoms with Crippen LogP contribution in [0.5, 0.6) is 0 Å². The lowest BCUT2D eigenvalue weighted by Gasteiger charge is -2.10. The fourth-order valence-electron chi connectivity index (χ4n) is 2.78. The smallest absolute Gasteiger partial charge is 0.280 e. The van der Waals surface area contributed by atoms with Crippen LogP contribution in [-0.4, -0.2) is 16.0 Å². The first-order chi connectivity index (χ1) is 13.8. The number of thioether (sulfide) groups is 1. The predicted octanol–water partition coefficient (Wildman–Crippen LogP) is 6.48. The highest BCUT2D eigenvalue weighted by molar-refractivity contribution is 9.10. The number of nitrogens with one attached hydrogen (secondary N) is 1. The third kappa shape index (κ3) is 4.17. The molecule has 0 aliphatic rings. The van der Waals surface area contributed by atoms with Gasteiger partial charge in [-0.15, -0.1) is 0 Å². The summed E-state index contributed by atoms with van der Waals surface area (Å²) < 4.78 is 2.49. The van der Waals surface area contributed by atoms with E-state index in [0.717, 1.165) is 33.0 Å². The molecule has 0 atom stereocenters. The Morgan fingerprint density at radius 3 is 2.59 bits per heavy atom. The fraction of sp³-hybridized carbons (Fsp3) is 0.150. The number of aliphatic imine (C=N–C) groups is 1. The van der Waals surface area contributed by atoms with Crippen LogP contribution in [0, 0.1) is 31.4 Å². The zero-order chi connectivity index (χ0) is 21.3. The number of hydrogen-bond acceptors (Lipinski definition) is 4. The van der Waals surface area contributed by atoms with Gasteiger partial charge in [-0.1, -0.05) is 39.1 Å². The average Bonchev–Trinajstić information content (AvgIpc) is 2.97. The lowest BCUT2D eigenvalue weighted by Crippen LogP contribution is -2.18. The Morgan fingerprint density at radius 2 is 1.90 bits per heavy atom. The summed E-state index contributed by atoms with van der Waals surface area (Å²) in [7, 11) is 0. The van der Waals surface area contributed by atoms with E-state index in [2.05, 4.69) is 26.0 Å². The van der Waals surface area contributed by atoms with Crippen molar-refractivity contribution in [1.29, 1.82) is 5.26 Å². The van der Waals surface area contributed by atoms with Crippen molar-refractivity contribution >= 4 is 62.8 Å². The number of aryl methyl sites for hydroxylation is 1. The summed E-state index contributed by atoms with van der Waals surface area (Å²) in [6.07, 6.45) is 1.47. The van der Waals surface area contributed by atoms with Crippen LogP contribution < -0.4 is 5.56 Å². The largest absolute Gasteiger partial charge is 0.295 e. The van der Waals surface area contributed by atoms with Crippen molar-refractivity contribution in [3.8, 4) is 11.1 Å². The average molecular weight is 510 g/mol. The molecule has 3 aromatic rings. The molecular weight excluding hydrogens is 495 g/mol. The summed E-state index contributed by atoms with van der Waals surface area (Å²) >= 11 is 16.9. The van der Waals surface area contributed by atoms with E-state index in [4.69, 9.17) is 28.5 Å². The van der Waals surface area contributed by atoms with Crippen LogP contribution in [0.1, 0.15) is 22.4 Å². The van der Waals surface area contributed by atoms with Crippen molar-refractivity contribution in [1.82, 2.24) is 9.78 Å². The Balaban J connectivity index is 2.03. The minimum atomic E-state index is -0.213. The molecule has 0 bridgehead atoms. The molecule has 148 valence electrons. The van der Waals surface area contributed by atoms with E-state index in [1.165, 1.54) is 10.9 Å². The monoisotopic (exact) mass is 508 g/mol. The predicted molar refractivity (Wildman–Crippen MR) is 123 cm³/mol. The third-order valence-electron chi connectivity index (χ3n) is 4.57. The zero-order valence-corrected chi connectivity index (χ0v) is 19.6. The molecule has 29 heavy (non-hydrogen) atoms. The van der Waals surface area contributed by atoms with E-state index >= 15 is 0 Å². The van der Waals surface area contributed by atoms with Crippen molar-refractivity contribution in [3.05, 3.63) is 71.5 Å². The first-order valence-corrected chi connectivity index (χ1v) is 10.8. The molecule has 0 unspecified atom stereocenters. The van der Waals surface area contributed by atoms with Crippen molar-refractivity contribution in [2.24, 2.45) is 4.99 Å². The summed E-state index contributed by atoms with van der Waals surface area (Å²) in [6, 6.07) is 7.13. The zero-order valence-electron chi connectivity index (χ0n) is 15.7. The standard InChI is InChI=1S/C20H15BrCl2N4OS/c1-10-11(2)16(6-4-14(10)21)27-20(28)13(12(3)26-27)8-25-15-5-7-17(29-9-24)19(23)18(15)22/h4-8,26H,1-3H3. The summed E-state index contributed by atoms with van der Waals surface area (Å²) in [5.41, 5.74) is 4.14. The molecule has 9 heteroatoms. The summed E-state index contributed by atoms with van der Waals surface area (Å²) in [4.78, 5) is 17.9. The minimum Gasteiger partial charge on any atom is -0.295 e. The number of rotatable bonds is 4. The Labute approximate surface area is 190 Å². The first kappa shape index (κ1) is 21.7. The number of hydrogen-bond donors (Lipinski definition) is 1. The second kappa shape index (κ2) is 8.80. The Hall–Kier alpha value is -1.98. The number of aromatic amines is 1. The molecule has 0 amide bonds. The molecule has 0 radical (unpaired) electrons. The summed E-state index contributed by atoms with van der Waals surface area (Å²) in [5.74, 6) is 0. The van der Waals surface area contributed by atoms with Crippen LogP contribution in [0.2, 0.25) is 10.0 Å². The van der Waals surface area contributed by atoms with Crippen LogP contribution in [0.3, 0.4) is 0 Å². The number of aromatic nitrogens is 2. The van der Waals surface area contributed by atoms with Gasteiger partial charge in [-0.25, -0.2) is 4.68 Å². The number of benzene rings is 2. The number of nitrogens with zero attached hydrogens (tertiary/aromatic N) is 3. The minimum absolute atomic E-state index is 0.213. The van der Waals surface area contributed by atoms with E-state index in [-0.39, 0.29) is 15.6 Å². The molecule has 1 N–H and O–H groups in total. The molecule has 2 aromatic carbocycles. The maximum Gasteiger partial charge on any atom is 0.280 e. The van der Waals surface area contributed by atoms with Crippen LogP contribution in [0.25, 0.3) is 5.69 Å². The van der Waals surface area contributed by atoms with E-state index in [1.807, 2.05) is 38.3 Å². The number of thiocyanates is 1. The molecule has 0 fully saturated rings. The molecule has 0 saturated carbocycles. The lowest BCUT2D eigenvalue weighted by molar-refractivity contribution is 0.827. The van der Waals surface area contributed by atoms with E-state index in [1.54, 1.807) is 12.1 Å². The Bertz CT molecular complexity index is 1240. The van der Waals surface area contributed by atoms with Gasteiger partial charge < -0.3 is 0 Å². The van der Waals surface area contributed by atoms with Crippen molar-refractivity contribution in [2.75, 3.05) is 0 Å². The second-order valence-electron chi connectivity index (χ2n) is 6.27. The van der Waals surface area contributed by atoms with Crippen LogP contribution in [0.4, 0.5) is 5.69 Å². The molecule has 0 aliphatic carbocycles. The van der Waals surface area contributed by atoms with Crippen molar-refractivity contribution in [2.45, 2.75) is 25.7 Å². The molecule has 0 saturated heterocycles. The van der Waals surface area contributed by atoms with Gasteiger partial charge in [0.1, 0.15) is 5.40 Å². The molecule has 0 aliphatic heterocycles. The van der Waals surface area contributed by atoms with Gasteiger partial charge in [0.2, 0.25) is 0 Å². The third-order valence-corrected chi connectivity index (χ3v) is 7.06. The molecular formula is C20H15BrCl2N4OS. The second-order valence-corrected chi connectivity index (χ2v) is 8.71. The summed E-state index contributed by atoms with van der Waals surface area (Å²) in [5, 5.41) is 14.4. The van der Waals surface area contributed by atoms with Gasteiger partial charge >= 0.3 is 0 Å². The van der Waals surface area contributed by atoms with Gasteiger partial charge in [0, 0.05) is 21.3 Å². The highest BCUT2D eigenvalue weighted by Gasteiger charge is 2.15. The number of halogens is 3. The topological polar surface area (TPSA) is 73.9 Å². The van der Waals surface area contributed by atoms with Crippen molar-refractivity contribution in [3.63, 3.8) is 0 Å². The molecule has 1 aromatic heterocycles. The van der Waals surface area contributed by atoms with Crippen LogP contribution in [-0.2, 0) is 0 Å². The Kier molecular flexibility index (Phi) is 6.59. The van der Waals surface area contributed by atoms with Gasteiger partial charge in [0.25, 0.3) is 5.56 Å². The number of H-pyrrole nitrogens is 1. The Morgan fingerprint density at radius 1 is 1.17 bits per heavy atom. The highest BCUT2D eigenvalue weighted by atomic mass is 79.9. The van der Waals surface area contributed by atoms with Gasteiger partial charge in [-0.3, -0.25) is 14.9 Å². The number of nitriles is 1. The van der Waals surface area contributed by atoms with Gasteiger partial charge in [0.05, 0.1) is 27.0 Å². The SMILES string of the molecule is Cc1[nH]n(-c2ccc(Br)c(C)c2C)c(=O)c1C=Nc1ccc(SC#N)c(Cl)c1Cl. The molecule has 5 nitrogen and oxygen atoms in total. The fourth-order valence-corrected chi connectivity index (χ4v) is 4.18. The van der Waals surface area contributed by atoms with E-state index in [0.29, 0.717) is 21.8 Å². The van der Waals surface area contributed by atoms with E-state index < -0.39 is 0 Å². The van der Waals surface area contributed by atoms with E-state index in [9.17, 15) is 4.79 Å². The molecule has 1 heterocycles. The lowest BCUT2D eigenvalue weighted by atomic mass is 10.1. The van der Waals surface area contributed by atoms with Crippen LogP contribution in [0.15, 0.2) is 43.4 Å². The first-order valence-electron chi connectivity index (χ1n) is 8.42. The highest BCUT2D eigenvalue weighted by Crippen LogP contribution is 2.38. The summed E-state index contributed by atoms with van der Waals surface area (Å²) in [6.45, 7) is 5.77. The van der Waals surface area contributed by atoms with Crippen molar-refractivity contribution < 1.29 is 0 Å². The quantitative estimate of drug-likeness (QED) is 0.248. The van der Waals surface area contributed by atoms with Crippen LogP contribution >= 0.6 is 50.9 Å². The van der Waals surface area contributed by atoms with Gasteiger partial charge in [-0.05, 0) is 67.9 Å². The van der Waals surface area contributed by atoms with Gasteiger partial charge in [-0.2, -0.15) is 5.26 Å². The molecule has 3 rings (SSSR count). The normalized spacial score (nSPS) is 11.2.